The van der Waals surface area contributed by atoms with Crippen molar-refractivity contribution in [2.24, 2.45) is 5.10 Å². The number of hydrazone groups is 1. The highest BCUT2D eigenvalue weighted by molar-refractivity contribution is 6.34. The van der Waals surface area contributed by atoms with Gasteiger partial charge in [0.15, 0.2) is 0 Å². The summed E-state index contributed by atoms with van der Waals surface area (Å²) in [7, 11) is 1.39. The molecule has 146 valence electrons. The number of rotatable bonds is 6. The van der Waals surface area contributed by atoms with Gasteiger partial charge in [-0.1, -0.05) is 48.0 Å². The number of halogens is 2. The molecule has 28 heavy (non-hydrogen) atoms. The van der Waals surface area contributed by atoms with Crippen LogP contribution in [0.15, 0.2) is 53.6 Å². The molecule has 0 radical (unpaired) electrons. The topological polar surface area (TPSA) is 71.0 Å². The van der Waals surface area contributed by atoms with Crippen molar-refractivity contribution < 1.29 is 18.7 Å². The summed E-state index contributed by atoms with van der Waals surface area (Å²) in [5.74, 6) is -1.31. The van der Waals surface area contributed by atoms with Crippen molar-refractivity contribution in [1.29, 1.82) is 0 Å². The third-order valence-electron chi connectivity index (χ3n) is 4.33. The Bertz CT molecular complexity index is 919. The zero-order valence-electron chi connectivity index (χ0n) is 15.2. The minimum atomic E-state index is -0.626. The van der Waals surface area contributed by atoms with Crippen LogP contribution < -0.4 is 5.32 Å². The van der Waals surface area contributed by atoms with E-state index in [2.05, 4.69) is 10.4 Å². The lowest BCUT2D eigenvalue weighted by atomic mass is 9.98. The van der Waals surface area contributed by atoms with Crippen LogP contribution in [-0.4, -0.2) is 42.8 Å². The summed E-state index contributed by atoms with van der Waals surface area (Å²) in [5.41, 5.74) is 1.62. The molecule has 1 aliphatic heterocycles. The van der Waals surface area contributed by atoms with E-state index < -0.39 is 23.7 Å². The van der Waals surface area contributed by atoms with Gasteiger partial charge in [-0.15, -0.1) is 0 Å². The van der Waals surface area contributed by atoms with E-state index >= 15 is 0 Å². The molecule has 1 atom stereocenters. The molecule has 0 bridgehead atoms. The second-order valence-electron chi connectivity index (χ2n) is 6.22. The quantitative estimate of drug-likeness (QED) is 0.806. The van der Waals surface area contributed by atoms with E-state index in [0.29, 0.717) is 28.3 Å². The zero-order chi connectivity index (χ0) is 20.1. The summed E-state index contributed by atoms with van der Waals surface area (Å²) < 4.78 is 19.1. The summed E-state index contributed by atoms with van der Waals surface area (Å²) in [6.45, 7) is -0.426. The van der Waals surface area contributed by atoms with Crippen LogP contribution in [0.3, 0.4) is 0 Å². The molecule has 0 aromatic heterocycles. The first kappa shape index (κ1) is 20.0. The van der Waals surface area contributed by atoms with E-state index in [1.54, 1.807) is 36.4 Å². The lowest BCUT2D eigenvalue weighted by Crippen LogP contribution is -2.39. The Morgan fingerprint density at radius 3 is 2.68 bits per heavy atom. The molecule has 1 N–H and O–H groups in total. The predicted molar refractivity (Wildman–Crippen MR) is 103 cm³/mol. The maximum absolute atomic E-state index is 14.4. The number of nitrogens with one attached hydrogen (secondary N) is 1. The maximum atomic E-state index is 14.4. The number of hydrogen-bond donors (Lipinski definition) is 1. The molecule has 0 fully saturated rings. The van der Waals surface area contributed by atoms with E-state index in [0.717, 1.165) is 0 Å². The number of carbonyl (C=O) groups is 2. The van der Waals surface area contributed by atoms with Gasteiger partial charge in [0.05, 0.1) is 18.3 Å². The lowest BCUT2D eigenvalue weighted by Gasteiger charge is -2.22. The first-order chi connectivity index (χ1) is 13.5. The Morgan fingerprint density at radius 2 is 1.96 bits per heavy atom. The SMILES string of the molecule is COCC(=O)NCC(=O)N1N=C(c2ccccc2Cl)C[C@@H]1c1ccccc1F. The van der Waals surface area contributed by atoms with Crippen LogP contribution in [0.2, 0.25) is 5.02 Å². The smallest absolute Gasteiger partial charge is 0.262 e. The number of amides is 2. The highest BCUT2D eigenvalue weighted by Gasteiger charge is 2.35. The molecule has 8 heteroatoms. The fourth-order valence-electron chi connectivity index (χ4n) is 3.02. The van der Waals surface area contributed by atoms with Gasteiger partial charge in [0.25, 0.3) is 5.91 Å². The molecule has 1 aliphatic rings. The first-order valence-corrected chi connectivity index (χ1v) is 9.03. The van der Waals surface area contributed by atoms with Crippen molar-refractivity contribution in [2.75, 3.05) is 20.3 Å². The summed E-state index contributed by atoms with van der Waals surface area (Å²) in [6.07, 6.45) is 0.308. The highest BCUT2D eigenvalue weighted by Crippen LogP contribution is 2.35. The molecule has 2 aromatic carbocycles. The normalized spacial score (nSPS) is 16.0. The van der Waals surface area contributed by atoms with Gasteiger partial charge < -0.3 is 10.1 Å². The van der Waals surface area contributed by atoms with Gasteiger partial charge in [-0.05, 0) is 12.1 Å². The maximum Gasteiger partial charge on any atom is 0.262 e. The average molecular weight is 404 g/mol. The zero-order valence-corrected chi connectivity index (χ0v) is 15.9. The molecule has 2 aromatic rings. The van der Waals surface area contributed by atoms with Gasteiger partial charge in [-0.2, -0.15) is 5.10 Å². The van der Waals surface area contributed by atoms with Crippen LogP contribution >= 0.6 is 11.6 Å². The van der Waals surface area contributed by atoms with E-state index in [1.165, 1.54) is 18.2 Å². The largest absolute Gasteiger partial charge is 0.375 e. The molecule has 0 aliphatic carbocycles. The van der Waals surface area contributed by atoms with Crippen molar-refractivity contribution in [3.8, 4) is 0 Å². The van der Waals surface area contributed by atoms with Gasteiger partial charge in [-0.3, -0.25) is 9.59 Å². The van der Waals surface area contributed by atoms with Crippen molar-refractivity contribution in [1.82, 2.24) is 10.3 Å². The number of carbonyl (C=O) groups excluding carboxylic acids is 2. The third-order valence-corrected chi connectivity index (χ3v) is 4.66. The van der Waals surface area contributed by atoms with Crippen LogP contribution in [0.4, 0.5) is 4.39 Å². The molecule has 6 nitrogen and oxygen atoms in total. The lowest BCUT2D eigenvalue weighted by molar-refractivity contribution is -0.135. The Kier molecular flexibility index (Phi) is 6.38. The van der Waals surface area contributed by atoms with E-state index in [4.69, 9.17) is 16.3 Å². The second-order valence-corrected chi connectivity index (χ2v) is 6.62. The van der Waals surface area contributed by atoms with Gasteiger partial charge in [0.1, 0.15) is 12.4 Å². The van der Waals surface area contributed by atoms with Crippen molar-refractivity contribution in [3.05, 3.63) is 70.5 Å². The number of benzene rings is 2. The minimum absolute atomic E-state index is 0.155. The molecule has 1 heterocycles. The third kappa shape index (κ3) is 4.37. The summed E-state index contributed by atoms with van der Waals surface area (Å²) in [5, 5.41) is 8.59. The summed E-state index contributed by atoms with van der Waals surface area (Å²) in [6, 6.07) is 12.8. The minimum Gasteiger partial charge on any atom is -0.375 e. The fourth-order valence-corrected chi connectivity index (χ4v) is 3.27. The Morgan fingerprint density at radius 1 is 1.25 bits per heavy atom. The number of nitrogens with zero attached hydrogens (tertiary/aromatic N) is 2. The van der Waals surface area contributed by atoms with Crippen LogP contribution in [-0.2, 0) is 14.3 Å². The monoisotopic (exact) mass is 403 g/mol. The van der Waals surface area contributed by atoms with Crippen LogP contribution in [0.5, 0.6) is 0 Å². The van der Waals surface area contributed by atoms with E-state index in [9.17, 15) is 14.0 Å². The van der Waals surface area contributed by atoms with Gasteiger partial charge in [0, 0.05) is 29.7 Å². The molecule has 0 saturated carbocycles. The molecular formula is C20H19ClFN3O3. The second kappa shape index (κ2) is 8.95. The molecular weight excluding hydrogens is 385 g/mol. The van der Waals surface area contributed by atoms with Gasteiger partial charge in [-0.25, -0.2) is 9.40 Å². The van der Waals surface area contributed by atoms with Crippen LogP contribution in [0, 0.1) is 5.82 Å². The predicted octanol–water partition coefficient (Wildman–Crippen LogP) is 2.92. The molecule has 3 rings (SSSR count). The van der Waals surface area contributed by atoms with Gasteiger partial charge in [0.2, 0.25) is 5.91 Å². The summed E-state index contributed by atoms with van der Waals surface area (Å²) >= 11 is 6.26. The van der Waals surface area contributed by atoms with Crippen LogP contribution in [0.1, 0.15) is 23.6 Å². The Labute approximate surface area is 166 Å². The van der Waals surface area contributed by atoms with E-state index in [-0.39, 0.29) is 13.2 Å². The standard InChI is InChI=1S/C20H19ClFN3O3/c1-28-12-19(26)23-11-20(27)25-18(14-7-3-5-9-16(14)22)10-17(24-25)13-6-2-4-8-15(13)21/h2-9,18H,10-12H2,1H3,(H,23,26)/t18-/m1/s1. The Balaban J connectivity index is 1.89. The van der Waals surface area contributed by atoms with Gasteiger partial charge >= 0.3 is 0 Å². The molecule has 0 spiro atoms. The molecule has 0 unspecified atom stereocenters. The van der Waals surface area contributed by atoms with Crippen molar-refractivity contribution >= 4 is 29.1 Å². The number of hydrogen-bond acceptors (Lipinski definition) is 4. The van der Waals surface area contributed by atoms with Crippen LogP contribution in [0.25, 0.3) is 0 Å². The molecule has 2 amide bonds. The fraction of sp³-hybridized carbons (Fsp3) is 0.250. The Hall–Kier alpha value is -2.77. The van der Waals surface area contributed by atoms with Crippen molar-refractivity contribution in [3.63, 3.8) is 0 Å². The first-order valence-electron chi connectivity index (χ1n) is 8.65. The highest BCUT2D eigenvalue weighted by atomic mass is 35.5. The summed E-state index contributed by atoms with van der Waals surface area (Å²) in [4.78, 5) is 24.3. The number of ether oxygens (including phenoxy) is 1. The van der Waals surface area contributed by atoms with Crippen molar-refractivity contribution in [2.45, 2.75) is 12.5 Å². The molecule has 0 saturated heterocycles. The van der Waals surface area contributed by atoms with E-state index in [1.807, 2.05) is 6.07 Å². The average Bonchev–Trinajstić information content (AvgIpc) is 3.12. The number of methoxy groups -OCH3 is 1.